The van der Waals surface area contributed by atoms with Gasteiger partial charge in [-0.3, -0.25) is 0 Å². The zero-order chi connectivity index (χ0) is 30.3. The largest absolute Gasteiger partial charge is 0.456 e. The molecule has 1 aliphatic heterocycles. The average Bonchev–Trinajstić information content (AvgIpc) is 3.56. The van der Waals surface area contributed by atoms with E-state index in [2.05, 4.69) is 64.0 Å². The molecule has 0 atom stereocenters. The first-order valence-corrected chi connectivity index (χ1v) is 16.6. The fourth-order valence-electron chi connectivity index (χ4n) is 6.97. The van der Waals surface area contributed by atoms with Gasteiger partial charge in [-0.25, -0.2) is 13.3 Å². The lowest BCUT2D eigenvalue weighted by molar-refractivity contribution is 0.595. The molecule has 0 unspecified atom stereocenters. The standard InChI is InChI=1S/C39H24N2O3S/c1-40-28-13-17-37-35(21-28)31-6-2-4-8-36(31)41(37)29-14-16-30-27(18-29)23-45(42,43)22-26-11-10-24(19-34(26)30)25-12-15-33-32-7-3-5-9-38(32)44-39(33)20-25/h2-21H,22-23H2. The van der Waals surface area contributed by atoms with Gasteiger partial charge in [0, 0.05) is 21.8 Å². The summed E-state index contributed by atoms with van der Waals surface area (Å²) in [6.45, 7) is 7.50. The van der Waals surface area contributed by atoms with Gasteiger partial charge in [-0.2, -0.15) is 0 Å². The number of nitrogens with zero attached hydrogens (tertiary/aromatic N) is 2. The van der Waals surface area contributed by atoms with E-state index in [4.69, 9.17) is 11.0 Å². The van der Waals surface area contributed by atoms with E-state index in [1.807, 2.05) is 66.7 Å². The monoisotopic (exact) mass is 600 g/mol. The topological polar surface area (TPSA) is 56.6 Å². The third kappa shape index (κ3) is 4.02. The highest BCUT2D eigenvalue weighted by molar-refractivity contribution is 7.89. The Kier molecular flexibility index (Phi) is 5.41. The number of hydrogen-bond acceptors (Lipinski definition) is 3. The van der Waals surface area contributed by atoms with E-state index >= 15 is 0 Å². The van der Waals surface area contributed by atoms with Gasteiger partial charge in [0.2, 0.25) is 0 Å². The molecule has 214 valence electrons. The summed E-state index contributed by atoms with van der Waals surface area (Å²) in [6, 6.07) is 40.4. The van der Waals surface area contributed by atoms with Crippen molar-refractivity contribution in [3.63, 3.8) is 0 Å². The molecule has 6 heteroatoms. The van der Waals surface area contributed by atoms with Gasteiger partial charge in [-0.05, 0) is 93.4 Å². The lowest BCUT2D eigenvalue weighted by Gasteiger charge is -2.14. The van der Waals surface area contributed by atoms with Gasteiger partial charge in [0.05, 0.1) is 29.1 Å². The van der Waals surface area contributed by atoms with Crippen LogP contribution in [0.1, 0.15) is 11.1 Å². The molecule has 0 bridgehead atoms. The highest BCUT2D eigenvalue weighted by Crippen LogP contribution is 2.40. The number of benzene rings is 6. The molecular weight excluding hydrogens is 577 g/mol. The minimum Gasteiger partial charge on any atom is -0.456 e. The molecule has 0 fully saturated rings. The van der Waals surface area contributed by atoms with Gasteiger partial charge in [-0.1, -0.05) is 66.7 Å². The number of rotatable bonds is 2. The second kappa shape index (κ2) is 9.43. The highest BCUT2D eigenvalue weighted by Gasteiger charge is 2.25. The zero-order valence-electron chi connectivity index (χ0n) is 24.0. The van der Waals surface area contributed by atoms with Crippen molar-refractivity contribution >= 4 is 59.3 Å². The fraction of sp³-hybridized carbons (Fsp3) is 0.0513. The first kappa shape index (κ1) is 25.8. The molecule has 0 aliphatic carbocycles. The van der Waals surface area contributed by atoms with Crippen LogP contribution in [0.3, 0.4) is 0 Å². The fourth-order valence-corrected chi connectivity index (χ4v) is 8.51. The van der Waals surface area contributed by atoms with Crippen LogP contribution >= 0.6 is 0 Å². The first-order valence-electron chi connectivity index (χ1n) is 14.8. The Bertz CT molecular complexity index is 2690. The van der Waals surface area contributed by atoms with Crippen LogP contribution in [0, 0.1) is 6.57 Å². The molecule has 45 heavy (non-hydrogen) atoms. The minimum atomic E-state index is -3.40. The first-order chi connectivity index (χ1) is 22.0. The van der Waals surface area contributed by atoms with Gasteiger partial charge in [0.1, 0.15) is 11.2 Å². The SMILES string of the molecule is [C-]#[N+]c1ccc2c(c1)c1ccccc1n2-c1ccc2c(c1)CS(=O)(=O)Cc1ccc(-c3ccc4c(c3)oc3ccccc34)cc1-2. The molecule has 0 saturated heterocycles. The summed E-state index contributed by atoms with van der Waals surface area (Å²) in [7, 11) is -3.40. The van der Waals surface area contributed by atoms with Crippen molar-refractivity contribution in [3.8, 4) is 27.9 Å². The third-order valence-corrected chi connectivity index (χ3v) is 10.5. The number of fused-ring (bicyclic) bond motifs is 9. The number of furan rings is 1. The van der Waals surface area contributed by atoms with Crippen molar-refractivity contribution in [2.24, 2.45) is 0 Å². The van der Waals surface area contributed by atoms with Gasteiger partial charge in [0.25, 0.3) is 0 Å². The normalized spacial score (nSPS) is 13.9. The molecule has 6 aromatic carbocycles. The second-order valence-electron chi connectivity index (χ2n) is 11.7. The van der Waals surface area contributed by atoms with Crippen LogP contribution in [0.2, 0.25) is 0 Å². The third-order valence-electron chi connectivity index (χ3n) is 9.00. The van der Waals surface area contributed by atoms with Crippen molar-refractivity contribution in [3.05, 3.63) is 144 Å². The number of para-hydroxylation sites is 2. The molecule has 1 aliphatic rings. The maximum absolute atomic E-state index is 13.4. The Hall–Kier alpha value is -5.64. The summed E-state index contributed by atoms with van der Waals surface area (Å²) in [5.74, 6) is -0.0475. The molecule has 0 amide bonds. The number of aromatic nitrogens is 1. The van der Waals surface area contributed by atoms with Crippen molar-refractivity contribution in [2.75, 3.05) is 0 Å². The Morgan fingerprint density at radius 3 is 2.22 bits per heavy atom. The molecule has 9 rings (SSSR count). The summed E-state index contributed by atoms with van der Waals surface area (Å²) in [5.41, 5.74) is 10.6. The molecule has 0 radical (unpaired) electrons. The molecule has 2 aromatic heterocycles. The van der Waals surface area contributed by atoms with Gasteiger partial charge in [0.15, 0.2) is 15.5 Å². The molecule has 8 aromatic rings. The molecule has 0 spiro atoms. The summed E-state index contributed by atoms with van der Waals surface area (Å²) in [6.07, 6.45) is 0. The van der Waals surface area contributed by atoms with Crippen LogP contribution in [0.5, 0.6) is 0 Å². The quantitative estimate of drug-likeness (QED) is 0.186. The van der Waals surface area contributed by atoms with Crippen LogP contribution < -0.4 is 0 Å². The van der Waals surface area contributed by atoms with Crippen LogP contribution in [0.4, 0.5) is 5.69 Å². The Morgan fingerprint density at radius 2 is 1.33 bits per heavy atom. The lowest BCUT2D eigenvalue weighted by atomic mass is 9.92. The number of hydrogen-bond donors (Lipinski definition) is 0. The predicted octanol–water partition coefficient (Wildman–Crippen LogP) is 10.00. The van der Waals surface area contributed by atoms with Gasteiger partial charge < -0.3 is 8.98 Å². The molecule has 0 N–H and O–H groups in total. The summed E-state index contributed by atoms with van der Waals surface area (Å²) < 4.78 is 35.2. The number of sulfone groups is 1. The van der Waals surface area contributed by atoms with Crippen molar-refractivity contribution in [1.29, 1.82) is 0 Å². The van der Waals surface area contributed by atoms with Crippen molar-refractivity contribution < 1.29 is 12.8 Å². The van der Waals surface area contributed by atoms with E-state index in [1.54, 1.807) is 0 Å². The predicted molar refractivity (Wildman–Crippen MR) is 182 cm³/mol. The van der Waals surface area contributed by atoms with E-state index in [9.17, 15) is 8.42 Å². The maximum Gasteiger partial charge on any atom is 0.188 e. The summed E-state index contributed by atoms with van der Waals surface area (Å²) >= 11 is 0. The summed E-state index contributed by atoms with van der Waals surface area (Å²) in [4.78, 5) is 3.64. The van der Waals surface area contributed by atoms with Gasteiger partial charge in [-0.15, -0.1) is 0 Å². The smallest absolute Gasteiger partial charge is 0.188 e. The van der Waals surface area contributed by atoms with Crippen LogP contribution in [0.25, 0.3) is 76.5 Å². The lowest BCUT2D eigenvalue weighted by Crippen LogP contribution is -2.06. The Balaban J connectivity index is 1.22. The second-order valence-corrected chi connectivity index (χ2v) is 13.8. The van der Waals surface area contributed by atoms with E-state index in [0.29, 0.717) is 5.69 Å². The molecule has 5 nitrogen and oxygen atoms in total. The van der Waals surface area contributed by atoms with Crippen LogP contribution in [-0.4, -0.2) is 13.0 Å². The summed E-state index contributed by atoms with van der Waals surface area (Å²) in [5, 5.41) is 4.21. The zero-order valence-corrected chi connectivity index (χ0v) is 24.8. The van der Waals surface area contributed by atoms with E-state index in [0.717, 1.165) is 82.8 Å². The van der Waals surface area contributed by atoms with E-state index in [1.165, 1.54) is 0 Å². The Labute approximate surface area is 259 Å². The highest BCUT2D eigenvalue weighted by atomic mass is 32.2. The van der Waals surface area contributed by atoms with Gasteiger partial charge >= 0.3 is 0 Å². The van der Waals surface area contributed by atoms with Crippen LogP contribution in [-0.2, 0) is 21.3 Å². The van der Waals surface area contributed by atoms with E-state index in [-0.39, 0.29) is 11.5 Å². The average molecular weight is 601 g/mol. The van der Waals surface area contributed by atoms with Crippen molar-refractivity contribution in [2.45, 2.75) is 11.5 Å². The van der Waals surface area contributed by atoms with Crippen LogP contribution in [0.15, 0.2) is 126 Å². The minimum absolute atomic E-state index is 0.00990. The molecular formula is C39H24N2O3S. The molecule has 3 heterocycles. The maximum atomic E-state index is 13.4. The van der Waals surface area contributed by atoms with E-state index < -0.39 is 9.84 Å². The van der Waals surface area contributed by atoms with Crippen molar-refractivity contribution in [1.82, 2.24) is 4.57 Å². The molecule has 0 saturated carbocycles. The Morgan fingerprint density at radius 1 is 0.600 bits per heavy atom.